The van der Waals surface area contributed by atoms with Crippen LogP contribution in [0.3, 0.4) is 0 Å². The molecule has 0 spiro atoms. The standard InChI is InChI=1S/C13H8Cl2O3/c14-6-5-9(15)10-11(16)7-3-1-2-4-8(7)12(17)13(10)18/h1-6,9,16H. The number of carbonyl (C=O) groups excluding carboxylic acids is 2. The minimum absolute atomic E-state index is 0.141. The van der Waals surface area contributed by atoms with Crippen LogP contribution in [0.5, 0.6) is 0 Å². The second kappa shape index (κ2) is 4.96. The van der Waals surface area contributed by atoms with Crippen molar-refractivity contribution in [1.82, 2.24) is 0 Å². The number of rotatable bonds is 2. The van der Waals surface area contributed by atoms with E-state index in [9.17, 15) is 14.7 Å². The molecule has 1 N–H and O–H groups in total. The molecule has 18 heavy (non-hydrogen) atoms. The first kappa shape index (κ1) is 12.9. The van der Waals surface area contributed by atoms with Crippen LogP contribution in [0.4, 0.5) is 0 Å². The zero-order valence-corrected chi connectivity index (χ0v) is 10.6. The Bertz CT molecular complexity index is 588. The molecule has 2 rings (SSSR count). The van der Waals surface area contributed by atoms with Gasteiger partial charge in [0.25, 0.3) is 0 Å². The van der Waals surface area contributed by atoms with Gasteiger partial charge in [-0.25, -0.2) is 0 Å². The van der Waals surface area contributed by atoms with E-state index >= 15 is 0 Å². The first-order valence-corrected chi connectivity index (χ1v) is 5.97. The number of alkyl halides is 1. The molecule has 1 aliphatic rings. The van der Waals surface area contributed by atoms with Gasteiger partial charge in [0, 0.05) is 16.7 Å². The van der Waals surface area contributed by atoms with Crippen LogP contribution in [-0.2, 0) is 4.79 Å². The topological polar surface area (TPSA) is 54.4 Å². The van der Waals surface area contributed by atoms with Gasteiger partial charge in [-0.3, -0.25) is 9.59 Å². The molecule has 0 bridgehead atoms. The molecular weight excluding hydrogens is 275 g/mol. The highest BCUT2D eigenvalue weighted by Gasteiger charge is 2.35. The number of carbonyl (C=O) groups is 2. The third-order valence-electron chi connectivity index (χ3n) is 2.65. The monoisotopic (exact) mass is 282 g/mol. The Morgan fingerprint density at radius 2 is 1.72 bits per heavy atom. The molecule has 0 heterocycles. The second-order valence-corrected chi connectivity index (χ2v) is 4.41. The fourth-order valence-corrected chi connectivity index (χ4v) is 2.30. The molecule has 5 heteroatoms. The summed E-state index contributed by atoms with van der Waals surface area (Å²) in [5.74, 6) is -1.75. The lowest BCUT2D eigenvalue weighted by Crippen LogP contribution is -2.27. The van der Waals surface area contributed by atoms with Gasteiger partial charge in [-0.2, -0.15) is 0 Å². The van der Waals surface area contributed by atoms with Crippen LogP contribution in [0.15, 0.2) is 41.4 Å². The maximum atomic E-state index is 11.9. The van der Waals surface area contributed by atoms with Crippen molar-refractivity contribution in [2.45, 2.75) is 5.38 Å². The van der Waals surface area contributed by atoms with Crippen molar-refractivity contribution in [3.8, 4) is 0 Å². The van der Waals surface area contributed by atoms with Crippen molar-refractivity contribution in [3.63, 3.8) is 0 Å². The summed E-state index contributed by atoms with van der Waals surface area (Å²) in [5, 5.41) is 9.11. The van der Waals surface area contributed by atoms with Crippen molar-refractivity contribution in [3.05, 3.63) is 52.6 Å². The molecule has 0 fully saturated rings. The highest BCUT2D eigenvalue weighted by Crippen LogP contribution is 2.31. The number of fused-ring (bicyclic) bond motifs is 1. The van der Waals surface area contributed by atoms with Crippen LogP contribution in [0, 0.1) is 0 Å². The maximum Gasteiger partial charge on any atom is 0.235 e. The summed E-state index contributed by atoms with van der Waals surface area (Å²) in [4.78, 5) is 23.8. The van der Waals surface area contributed by atoms with Crippen molar-refractivity contribution >= 4 is 40.5 Å². The Balaban J connectivity index is 2.66. The van der Waals surface area contributed by atoms with Gasteiger partial charge in [0.05, 0.1) is 11.0 Å². The number of aliphatic hydroxyl groups excluding tert-OH is 1. The quantitative estimate of drug-likeness (QED) is 0.670. The largest absolute Gasteiger partial charge is 0.507 e. The summed E-state index contributed by atoms with van der Waals surface area (Å²) < 4.78 is 0. The first-order chi connectivity index (χ1) is 8.57. The van der Waals surface area contributed by atoms with Crippen molar-refractivity contribution in [2.24, 2.45) is 0 Å². The zero-order chi connectivity index (χ0) is 13.3. The molecule has 0 saturated heterocycles. The number of aliphatic hydroxyl groups is 1. The number of halogens is 2. The van der Waals surface area contributed by atoms with Gasteiger partial charge in [0.15, 0.2) is 0 Å². The molecular formula is C13H8Cl2O3. The summed E-state index contributed by atoms with van der Waals surface area (Å²) in [6, 6.07) is 6.34. The number of hydrogen-bond acceptors (Lipinski definition) is 3. The maximum absolute atomic E-state index is 11.9. The average molecular weight is 283 g/mol. The van der Waals surface area contributed by atoms with E-state index in [1.54, 1.807) is 18.2 Å². The summed E-state index contributed by atoms with van der Waals surface area (Å²) in [6.07, 6.45) is 1.31. The molecule has 0 radical (unpaired) electrons. The molecule has 0 amide bonds. The van der Waals surface area contributed by atoms with E-state index in [1.165, 1.54) is 12.1 Å². The summed E-state index contributed by atoms with van der Waals surface area (Å²) >= 11 is 11.3. The Morgan fingerprint density at radius 3 is 2.33 bits per heavy atom. The minimum Gasteiger partial charge on any atom is -0.507 e. The van der Waals surface area contributed by atoms with Crippen LogP contribution in [0.2, 0.25) is 0 Å². The molecule has 1 aliphatic carbocycles. The van der Waals surface area contributed by atoms with E-state index in [2.05, 4.69) is 0 Å². The van der Waals surface area contributed by atoms with Crippen LogP contribution in [0.25, 0.3) is 5.76 Å². The summed E-state index contributed by atoms with van der Waals surface area (Å²) in [7, 11) is 0. The fraction of sp³-hybridized carbons (Fsp3) is 0.0769. The minimum atomic E-state index is -0.938. The van der Waals surface area contributed by atoms with E-state index in [1.807, 2.05) is 0 Å². The summed E-state index contributed by atoms with van der Waals surface area (Å²) in [5.41, 5.74) is 1.49. The highest BCUT2D eigenvalue weighted by atomic mass is 35.5. The second-order valence-electron chi connectivity index (χ2n) is 3.69. The van der Waals surface area contributed by atoms with Gasteiger partial charge < -0.3 is 5.11 Å². The van der Waals surface area contributed by atoms with Crippen LogP contribution >= 0.6 is 23.2 Å². The molecule has 0 aliphatic heterocycles. The number of benzene rings is 1. The van der Waals surface area contributed by atoms with E-state index in [4.69, 9.17) is 23.2 Å². The van der Waals surface area contributed by atoms with Crippen molar-refractivity contribution in [1.29, 1.82) is 0 Å². The third-order valence-corrected chi connectivity index (χ3v) is 3.16. The van der Waals surface area contributed by atoms with Crippen molar-refractivity contribution < 1.29 is 14.7 Å². The predicted molar refractivity (Wildman–Crippen MR) is 70.0 cm³/mol. The number of ketones is 2. The number of Topliss-reactive ketones (excluding diaryl/α,β-unsaturated/α-hetero) is 2. The lowest BCUT2D eigenvalue weighted by Gasteiger charge is -2.19. The highest BCUT2D eigenvalue weighted by molar-refractivity contribution is 6.54. The average Bonchev–Trinajstić information content (AvgIpc) is 2.37. The van der Waals surface area contributed by atoms with Crippen LogP contribution in [0.1, 0.15) is 15.9 Å². The molecule has 1 unspecified atom stereocenters. The molecule has 0 aromatic heterocycles. The predicted octanol–water partition coefficient (Wildman–Crippen LogP) is 3.08. The van der Waals surface area contributed by atoms with Crippen molar-refractivity contribution in [2.75, 3.05) is 0 Å². The lowest BCUT2D eigenvalue weighted by molar-refractivity contribution is -0.112. The Labute approximate surface area is 113 Å². The van der Waals surface area contributed by atoms with Gasteiger partial charge in [0.2, 0.25) is 11.6 Å². The van der Waals surface area contributed by atoms with Gasteiger partial charge >= 0.3 is 0 Å². The lowest BCUT2D eigenvalue weighted by atomic mass is 9.87. The van der Waals surface area contributed by atoms with Gasteiger partial charge in [-0.15, -0.1) is 11.6 Å². The Kier molecular flexibility index (Phi) is 3.55. The molecule has 1 aromatic rings. The molecule has 1 aromatic carbocycles. The van der Waals surface area contributed by atoms with Gasteiger partial charge in [0.1, 0.15) is 5.76 Å². The first-order valence-electron chi connectivity index (χ1n) is 5.10. The normalized spacial score (nSPS) is 17.2. The molecule has 1 atom stereocenters. The third kappa shape index (κ3) is 1.96. The zero-order valence-electron chi connectivity index (χ0n) is 9.06. The van der Waals surface area contributed by atoms with Gasteiger partial charge in [-0.05, 0) is 0 Å². The number of allylic oxidation sites excluding steroid dienone is 2. The molecule has 3 nitrogen and oxygen atoms in total. The van der Waals surface area contributed by atoms with E-state index in [0.717, 1.165) is 5.54 Å². The van der Waals surface area contributed by atoms with Crippen LogP contribution < -0.4 is 0 Å². The molecule has 0 saturated carbocycles. The molecule has 92 valence electrons. The summed E-state index contributed by atoms with van der Waals surface area (Å²) in [6.45, 7) is 0. The SMILES string of the molecule is O=C1C(=O)c2ccccc2C(O)=C1C(Cl)C=CCl. The fourth-order valence-electron chi connectivity index (χ4n) is 1.80. The van der Waals surface area contributed by atoms with Gasteiger partial charge in [-0.1, -0.05) is 41.9 Å². The Hall–Kier alpha value is -1.58. The van der Waals surface area contributed by atoms with E-state index in [0.29, 0.717) is 5.56 Å². The number of hydrogen-bond donors (Lipinski definition) is 1. The Morgan fingerprint density at radius 1 is 1.11 bits per heavy atom. The van der Waals surface area contributed by atoms with E-state index in [-0.39, 0.29) is 16.9 Å². The van der Waals surface area contributed by atoms with E-state index < -0.39 is 16.9 Å². The van der Waals surface area contributed by atoms with Crippen LogP contribution in [-0.4, -0.2) is 22.1 Å². The smallest absolute Gasteiger partial charge is 0.235 e.